The molecule has 1 N–H and O–H groups in total. The number of anilines is 3. The first kappa shape index (κ1) is 32.0. The molecule has 3 aromatic rings. The van der Waals surface area contributed by atoms with E-state index in [1.165, 1.54) is 16.8 Å². The van der Waals surface area contributed by atoms with Gasteiger partial charge in [-0.25, -0.2) is 4.79 Å². The van der Waals surface area contributed by atoms with Crippen molar-refractivity contribution in [3.8, 4) is 5.75 Å². The van der Waals surface area contributed by atoms with Crippen LogP contribution in [0, 0.1) is 0 Å². The minimum atomic E-state index is -0.743. The van der Waals surface area contributed by atoms with Crippen LogP contribution in [-0.4, -0.2) is 68.1 Å². The Balaban J connectivity index is 1.78. The van der Waals surface area contributed by atoms with E-state index in [1.54, 1.807) is 101 Å². The minimum absolute atomic E-state index is 0.302. The summed E-state index contributed by atoms with van der Waals surface area (Å²) in [6.07, 6.45) is -0.675. The van der Waals surface area contributed by atoms with E-state index in [1.807, 2.05) is 6.07 Å². The van der Waals surface area contributed by atoms with Crippen molar-refractivity contribution in [3.05, 3.63) is 83.9 Å². The van der Waals surface area contributed by atoms with Crippen molar-refractivity contribution in [2.75, 3.05) is 48.9 Å². The highest BCUT2D eigenvalue weighted by Gasteiger charge is 2.27. The largest absolute Gasteiger partial charge is 0.484 e. The van der Waals surface area contributed by atoms with Crippen molar-refractivity contribution >= 4 is 52.5 Å². The van der Waals surface area contributed by atoms with Crippen LogP contribution in [0.15, 0.2) is 78.9 Å². The van der Waals surface area contributed by atoms with Crippen molar-refractivity contribution in [2.45, 2.75) is 26.4 Å². The number of halogens is 1. The molecule has 10 nitrogen and oxygen atoms in total. The van der Waals surface area contributed by atoms with Gasteiger partial charge < -0.3 is 29.5 Å². The molecule has 42 heavy (non-hydrogen) atoms. The van der Waals surface area contributed by atoms with Crippen molar-refractivity contribution in [1.82, 2.24) is 4.90 Å². The van der Waals surface area contributed by atoms with E-state index in [-0.39, 0.29) is 25.6 Å². The van der Waals surface area contributed by atoms with E-state index in [2.05, 4.69) is 5.32 Å². The van der Waals surface area contributed by atoms with Gasteiger partial charge in [-0.2, -0.15) is 0 Å². The molecular formula is C31H35ClN4O6. The smallest absolute Gasteiger partial charge is 0.410 e. The van der Waals surface area contributed by atoms with Crippen LogP contribution in [0.5, 0.6) is 5.75 Å². The third kappa shape index (κ3) is 9.81. The number of hydrogen-bond acceptors (Lipinski definition) is 6. The number of para-hydroxylation sites is 1. The highest BCUT2D eigenvalue weighted by atomic mass is 35.5. The second kappa shape index (κ2) is 14.4. The lowest BCUT2D eigenvalue weighted by Crippen LogP contribution is -2.47. The Kier molecular flexibility index (Phi) is 10.9. The zero-order chi connectivity index (χ0) is 30.9. The molecule has 3 aromatic carbocycles. The normalized spacial score (nSPS) is 10.8. The number of hydrogen-bond donors (Lipinski definition) is 1. The number of carbonyl (C=O) groups excluding carboxylic acids is 4. The summed E-state index contributed by atoms with van der Waals surface area (Å²) in [4.78, 5) is 55.6. The van der Waals surface area contributed by atoms with Gasteiger partial charge in [-0.15, -0.1) is 0 Å². The van der Waals surface area contributed by atoms with Crippen LogP contribution in [0.1, 0.15) is 20.8 Å². The molecule has 0 aliphatic rings. The Morgan fingerprint density at radius 3 is 2.14 bits per heavy atom. The van der Waals surface area contributed by atoms with Crippen molar-refractivity contribution in [1.29, 1.82) is 0 Å². The summed E-state index contributed by atoms with van der Waals surface area (Å²) in [7, 11) is 3.06. The molecule has 0 saturated carbocycles. The maximum atomic E-state index is 13.5. The van der Waals surface area contributed by atoms with Gasteiger partial charge in [0.2, 0.25) is 11.8 Å². The molecule has 0 aromatic heterocycles. The Bertz CT molecular complexity index is 1410. The van der Waals surface area contributed by atoms with Crippen LogP contribution in [0.25, 0.3) is 0 Å². The Hall–Kier alpha value is -4.57. The molecule has 0 aliphatic heterocycles. The molecule has 0 fully saturated rings. The second-order valence-electron chi connectivity index (χ2n) is 10.4. The van der Waals surface area contributed by atoms with Gasteiger partial charge in [0.25, 0.3) is 5.91 Å². The quantitative estimate of drug-likeness (QED) is 0.345. The van der Waals surface area contributed by atoms with Crippen LogP contribution >= 0.6 is 11.6 Å². The first-order chi connectivity index (χ1) is 19.8. The third-order valence-electron chi connectivity index (χ3n) is 5.80. The first-order valence-corrected chi connectivity index (χ1v) is 13.5. The summed E-state index contributed by atoms with van der Waals surface area (Å²) in [6.45, 7) is 4.22. The number of amides is 4. The maximum absolute atomic E-state index is 13.5. The highest BCUT2D eigenvalue weighted by Crippen LogP contribution is 2.23. The van der Waals surface area contributed by atoms with Crippen molar-refractivity contribution in [3.63, 3.8) is 0 Å². The summed E-state index contributed by atoms with van der Waals surface area (Å²) in [6, 6.07) is 22.2. The standard InChI is InChI=1S/C31H35ClN4O6/c1-31(2,3)42-30(40)34(4)19-29(39)36(20-28(38)35(5)24-13-7-6-8-14-24)25-15-10-16-26(18-25)41-21-27(37)33-23-12-9-11-22(32)17-23/h6-18H,19-21H2,1-5H3,(H,33,37). The number of nitrogens with zero attached hydrogens (tertiary/aromatic N) is 3. The minimum Gasteiger partial charge on any atom is -0.484 e. The SMILES string of the molecule is CN(CC(=O)N(CC(=O)N(C)c1ccccc1)c1cccc(OCC(=O)Nc2cccc(Cl)c2)c1)C(=O)OC(C)(C)C. The number of likely N-dealkylation sites (N-methyl/N-ethyl adjacent to an activating group) is 2. The van der Waals surface area contributed by atoms with Crippen LogP contribution < -0.4 is 19.9 Å². The van der Waals surface area contributed by atoms with Gasteiger partial charge in [0, 0.05) is 42.2 Å². The van der Waals surface area contributed by atoms with Crippen molar-refractivity contribution < 1.29 is 28.7 Å². The Morgan fingerprint density at radius 2 is 1.48 bits per heavy atom. The summed E-state index contributed by atoms with van der Waals surface area (Å²) in [5.74, 6) is -0.985. The summed E-state index contributed by atoms with van der Waals surface area (Å²) in [5.41, 5.74) is 0.785. The van der Waals surface area contributed by atoms with Crippen LogP contribution in [0.4, 0.5) is 21.9 Å². The van der Waals surface area contributed by atoms with Gasteiger partial charge in [0.15, 0.2) is 6.61 Å². The van der Waals surface area contributed by atoms with Crippen LogP contribution in [0.2, 0.25) is 5.02 Å². The van der Waals surface area contributed by atoms with Gasteiger partial charge >= 0.3 is 6.09 Å². The van der Waals surface area contributed by atoms with Gasteiger partial charge in [-0.1, -0.05) is 41.9 Å². The molecule has 3 rings (SSSR count). The Morgan fingerprint density at radius 1 is 0.810 bits per heavy atom. The van der Waals surface area contributed by atoms with Gasteiger partial charge in [0.05, 0.1) is 0 Å². The van der Waals surface area contributed by atoms with E-state index in [0.717, 1.165) is 4.90 Å². The zero-order valence-corrected chi connectivity index (χ0v) is 25.1. The molecule has 0 unspecified atom stereocenters. The third-order valence-corrected chi connectivity index (χ3v) is 6.03. The molecule has 0 atom stereocenters. The predicted molar refractivity (Wildman–Crippen MR) is 163 cm³/mol. The topological polar surface area (TPSA) is 108 Å². The lowest BCUT2D eigenvalue weighted by Gasteiger charge is -2.29. The molecule has 0 aliphatic carbocycles. The van der Waals surface area contributed by atoms with Gasteiger partial charge in [0.1, 0.15) is 24.4 Å². The molecular weight excluding hydrogens is 560 g/mol. The average molecular weight is 595 g/mol. The number of nitrogens with one attached hydrogen (secondary N) is 1. The molecule has 0 bridgehead atoms. The van der Waals surface area contributed by atoms with Gasteiger partial charge in [-0.3, -0.25) is 14.4 Å². The highest BCUT2D eigenvalue weighted by molar-refractivity contribution is 6.30. The molecule has 0 radical (unpaired) electrons. The fraction of sp³-hybridized carbons (Fsp3) is 0.290. The van der Waals surface area contributed by atoms with E-state index in [0.29, 0.717) is 27.8 Å². The van der Waals surface area contributed by atoms with E-state index in [4.69, 9.17) is 21.1 Å². The molecule has 222 valence electrons. The van der Waals surface area contributed by atoms with E-state index in [9.17, 15) is 19.2 Å². The Labute approximate surface area is 250 Å². The van der Waals surface area contributed by atoms with Crippen LogP contribution in [0.3, 0.4) is 0 Å². The summed E-state index contributed by atoms with van der Waals surface area (Å²) >= 11 is 5.97. The number of carbonyl (C=O) groups is 4. The van der Waals surface area contributed by atoms with Crippen LogP contribution in [-0.2, 0) is 19.1 Å². The maximum Gasteiger partial charge on any atom is 0.410 e. The fourth-order valence-corrected chi connectivity index (χ4v) is 3.90. The molecule has 11 heteroatoms. The van der Waals surface area contributed by atoms with E-state index >= 15 is 0 Å². The average Bonchev–Trinajstić information content (AvgIpc) is 2.94. The lowest BCUT2D eigenvalue weighted by molar-refractivity contribution is -0.123. The fourth-order valence-electron chi connectivity index (χ4n) is 3.71. The predicted octanol–water partition coefficient (Wildman–Crippen LogP) is 5.22. The van der Waals surface area contributed by atoms with E-state index < -0.39 is 23.5 Å². The molecule has 0 saturated heterocycles. The zero-order valence-electron chi connectivity index (χ0n) is 24.3. The number of ether oxygens (including phenoxy) is 2. The summed E-state index contributed by atoms with van der Waals surface area (Å²) < 4.78 is 11.0. The lowest BCUT2D eigenvalue weighted by atomic mass is 10.2. The van der Waals surface area contributed by atoms with Crippen molar-refractivity contribution in [2.24, 2.45) is 0 Å². The number of rotatable bonds is 10. The second-order valence-corrected chi connectivity index (χ2v) is 10.9. The van der Waals surface area contributed by atoms with Gasteiger partial charge in [-0.05, 0) is 63.2 Å². The number of benzene rings is 3. The molecule has 0 spiro atoms. The summed E-state index contributed by atoms with van der Waals surface area (Å²) in [5, 5.41) is 3.18. The monoisotopic (exact) mass is 594 g/mol. The molecule has 4 amide bonds. The first-order valence-electron chi connectivity index (χ1n) is 13.2. The molecule has 0 heterocycles.